The molecule has 28 heavy (non-hydrogen) atoms. The second kappa shape index (κ2) is 12.3. The van der Waals surface area contributed by atoms with Crippen molar-refractivity contribution < 1.29 is 9.59 Å². The third-order valence-electron chi connectivity index (χ3n) is 4.60. The van der Waals surface area contributed by atoms with Crippen LogP contribution in [0.15, 0.2) is 35.8 Å². The molecule has 2 aromatic rings. The molecule has 2 amide bonds. The Morgan fingerprint density at radius 2 is 1.75 bits per heavy atom. The number of carbonyl (C=O) groups excluding carboxylic acids is 2. The van der Waals surface area contributed by atoms with Crippen molar-refractivity contribution in [2.75, 3.05) is 18.4 Å². The van der Waals surface area contributed by atoms with Gasteiger partial charge in [-0.15, -0.1) is 11.3 Å². The van der Waals surface area contributed by atoms with E-state index in [1.165, 1.54) is 36.2 Å². The molecule has 5 nitrogen and oxygen atoms in total. The monoisotopic (exact) mass is 401 g/mol. The molecule has 0 saturated carbocycles. The molecule has 0 bridgehead atoms. The Labute approximate surface area is 172 Å². The van der Waals surface area contributed by atoms with Crippen LogP contribution in [0.3, 0.4) is 0 Å². The van der Waals surface area contributed by atoms with Crippen molar-refractivity contribution in [3.05, 3.63) is 47.0 Å². The maximum absolute atomic E-state index is 13.0. The number of aromatic nitrogens is 1. The zero-order valence-electron chi connectivity index (χ0n) is 16.9. The van der Waals surface area contributed by atoms with Gasteiger partial charge in [-0.25, -0.2) is 4.98 Å². The maximum atomic E-state index is 13.0. The predicted octanol–water partition coefficient (Wildman–Crippen LogP) is 5.15. The second-order valence-electron chi connectivity index (χ2n) is 6.97. The molecular formula is C22H31N3O2S. The fourth-order valence-electron chi connectivity index (χ4n) is 3.00. The minimum Gasteiger partial charge on any atom is -0.329 e. The SMILES string of the molecule is CCCCCc1ccc(C(=O)N(CCCCC)CC(=O)Nc2nccs2)cc1. The first-order chi connectivity index (χ1) is 13.6. The molecule has 1 aromatic heterocycles. The smallest absolute Gasteiger partial charge is 0.254 e. The third-order valence-corrected chi connectivity index (χ3v) is 5.29. The van der Waals surface area contributed by atoms with Crippen molar-refractivity contribution in [2.45, 2.75) is 58.8 Å². The highest BCUT2D eigenvalue weighted by molar-refractivity contribution is 7.13. The van der Waals surface area contributed by atoms with Gasteiger partial charge in [-0.05, 0) is 37.0 Å². The highest BCUT2D eigenvalue weighted by Gasteiger charge is 2.19. The van der Waals surface area contributed by atoms with Gasteiger partial charge in [0.15, 0.2) is 5.13 Å². The summed E-state index contributed by atoms with van der Waals surface area (Å²) in [6.45, 7) is 4.94. The van der Waals surface area contributed by atoms with Crippen LogP contribution in [-0.4, -0.2) is 34.8 Å². The molecule has 2 rings (SSSR count). The highest BCUT2D eigenvalue weighted by atomic mass is 32.1. The number of hydrogen-bond acceptors (Lipinski definition) is 4. The molecule has 0 aliphatic rings. The van der Waals surface area contributed by atoms with Crippen LogP contribution >= 0.6 is 11.3 Å². The fourth-order valence-corrected chi connectivity index (χ4v) is 3.54. The molecule has 1 N–H and O–H groups in total. The Morgan fingerprint density at radius 3 is 2.39 bits per heavy atom. The summed E-state index contributed by atoms with van der Waals surface area (Å²) in [6, 6.07) is 7.83. The van der Waals surface area contributed by atoms with E-state index in [0.29, 0.717) is 17.2 Å². The topological polar surface area (TPSA) is 62.3 Å². The predicted molar refractivity (Wildman–Crippen MR) is 116 cm³/mol. The molecule has 0 atom stereocenters. The molecule has 1 aromatic carbocycles. The van der Waals surface area contributed by atoms with Crippen LogP contribution in [0, 0.1) is 0 Å². The van der Waals surface area contributed by atoms with Gasteiger partial charge in [0.2, 0.25) is 5.91 Å². The molecule has 1 heterocycles. The van der Waals surface area contributed by atoms with E-state index in [1.807, 2.05) is 29.6 Å². The molecule has 0 aliphatic carbocycles. The van der Waals surface area contributed by atoms with Crippen LogP contribution < -0.4 is 5.32 Å². The van der Waals surface area contributed by atoms with E-state index in [9.17, 15) is 9.59 Å². The van der Waals surface area contributed by atoms with E-state index in [-0.39, 0.29) is 18.4 Å². The zero-order valence-corrected chi connectivity index (χ0v) is 17.8. The number of benzene rings is 1. The lowest BCUT2D eigenvalue weighted by Gasteiger charge is -2.22. The number of thiazole rings is 1. The lowest BCUT2D eigenvalue weighted by atomic mass is 10.0. The van der Waals surface area contributed by atoms with Crippen molar-refractivity contribution in [3.63, 3.8) is 0 Å². The van der Waals surface area contributed by atoms with Gasteiger partial charge >= 0.3 is 0 Å². The molecular weight excluding hydrogens is 370 g/mol. The fraction of sp³-hybridized carbons (Fsp3) is 0.500. The molecule has 0 saturated heterocycles. The molecule has 0 fully saturated rings. The number of carbonyl (C=O) groups is 2. The first kappa shape index (κ1) is 22.1. The number of anilines is 1. The van der Waals surface area contributed by atoms with E-state index in [1.54, 1.807) is 11.1 Å². The minimum absolute atomic E-state index is 0.0420. The Hall–Kier alpha value is -2.21. The number of aryl methyl sites for hydroxylation is 1. The summed E-state index contributed by atoms with van der Waals surface area (Å²) in [6.07, 6.45) is 9.28. The Bertz CT molecular complexity index is 714. The standard InChI is InChI=1S/C22H31N3O2S/c1-3-5-7-9-18-10-12-19(13-11-18)21(27)25(15-8-6-4-2)17-20(26)24-22-23-14-16-28-22/h10-14,16H,3-9,15,17H2,1-2H3,(H,23,24,26). The van der Waals surface area contributed by atoms with Crippen LogP contribution in [0.4, 0.5) is 5.13 Å². The van der Waals surface area contributed by atoms with Gasteiger partial charge < -0.3 is 10.2 Å². The van der Waals surface area contributed by atoms with E-state index in [2.05, 4.69) is 24.1 Å². The van der Waals surface area contributed by atoms with E-state index in [4.69, 9.17) is 0 Å². The Kier molecular flexibility index (Phi) is 9.69. The van der Waals surface area contributed by atoms with Crippen molar-refractivity contribution in [2.24, 2.45) is 0 Å². The molecule has 0 unspecified atom stereocenters. The van der Waals surface area contributed by atoms with Gasteiger partial charge in [0, 0.05) is 23.7 Å². The molecule has 152 valence electrons. The third kappa shape index (κ3) is 7.43. The summed E-state index contributed by atoms with van der Waals surface area (Å²) in [7, 11) is 0. The number of hydrogen-bond donors (Lipinski definition) is 1. The Balaban J connectivity index is 1.99. The van der Waals surface area contributed by atoms with Gasteiger partial charge in [0.1, 0.15) is 6.54 Å². The molecule has 6 heteroatoms. The van der Waals surface area contributed by atoms with E-state index < -0.39 is 0 Å². The largest absolute Gasteiger partial charge is 0.329 e. The first-order valence-electron chi connectivity index (χ1n) is 10.2. The van der Waals surface area contributed by atoms with Crippen LogP contribution in [0.25, 0.3) is 0 Å². The highest BCUT2D eigenvalue weighted by Crippen LogP contribution is 2.13. The average molecular weight is 402 g/mol. The zero-order chi connectivity index (χ0) is 20.2. The van der Waals surface area contributed by atoms with E-state index >= 15 is 0 Å². The number of unbranched alkanes of at least 4 members (excludes halogenated alkanes) is 4. The van der Waals surface area contributed by atoms with Crippen molar-refractivity contribution in [1.82, 2.24) is 9.88 Å². The quantitative estimate of drug-likeness (QED) is 0.501. The van der Waals surface area contributed by atoms with Crippen molar-refractivity contribution >= 4 is 28.3 Å². The maximum Gasteiger partial charge on any atom is 0.254 e. The summed E-state index contributed by atoms with van der Waals surface area (Å²) in [5.74, 6) is -0.304. The summed E-state index contributed by atoms with van der Waals surface area (Å²) in [4.78, 5) is 31.0. The minimum atomic E-state index is -0.212. The van der Waals surface area contributed by atoms with E-state index in [0.717, 1.165) is 25.7 Å². The van der Waals surface area contributed by atoms with Gasteiger partial charge in [-0.3, -0.25) is 9.59 Å². The normalized spacial score (nSPS) is 10.6. The molecule has 0 spiro atoms. The Morgan fingerprint density at radius 1 is 1.04 bits per heavy atom. The second-order valence-corrected chi connectivity index (χ2v) is 7.87. The summed E-state index contributed by atoms with van der Waals surface area (Å²) in [5, 5.41) is 5.13. The number of rotatable bonds is 12. The first-order valence-corrected chi connectivity index (χ1v) is 11.1. The van der Waals surface area contributed by atoms with Gasteiger partial charge in [-0.2, -0.15) is 0 Å². The van der Waals surface area contributed by atoms with Crippen molar-refractivity contribution in [3.8, 4) is 0 Å². The average Bonchev–Trinajstić information content (AvgIpc) is 3.20. The van der Waals surface area contributed by atoms with Crippen molar-refractivity contribution in [1.29, 1.82) is 0 Å². The van der Waals surface area contributed by atoms with Crippen LogP contribution in [-0.2, 0) is 11.2 Å². The van der Waals surface area contributed by atoms with Crippen LogP contribution in [0.2, 0.25) is 0 Å². The summed E-state index contributed by atoms with van der Waals surface area (Å²) >= 11 is 1.37. The summed E-state index contributed by atoms with van der Waals surface area (Å²) in [5.41, 5.74) is 1.89. The lowest BCUT2D eigenvalue weighted by Crippen LogP contribution is -2.38. The molecule has 0 radical (unpaired) electrons. The number of nitrogens with one attached hydrogen (secondary N) is 1. The number of amides is 2. The van der Waals surface area contributed by atoms with Crippen LogP contribution in [0.1, 0.15) is 68.3 Å². The van der Waals surface area contributed by atoms with Gasteiger partial charge in [-0.1, -0.05) is 51.7 Å². The van der Waals surface area contributed by atoms with Gasteiger partial charge in [0.05, 0.1) is 0 Å². The van der Waals surface area contributed by atoms with Crippen LogP contribution in [0.5, 0.6) is 0 Å². The molecule has 0 aliphatic heterocycles. The van der Waals surface area contributed by atoms with Gasteiger partial charge in [0.25, 0.3) is 5.91 Å². The number of nitrogens with zero attached hydrogens (tertiary/aromatic N) is 2. The summed E-state index contributed by atoms with van der Waals surface area (Å²) < 4.78 is 0. The lowest BCUT2D eigenvalue weighted by molar-refractivity contribution is -0.116.